The van der Waals surface area contributed by atoms with Crippen LogP contribution in [0.3, 0.4) is 0 Å². The van der Waals surface area contributed by atoms with Crippen LogP contribution in [0.4, 0.5) is 0 Å². The predicted octanol–water partition coefficient (Wildman–Crippen LogP) is 6.35. The van der Waals surface area contributed by atoms with Gasteiger partial charge in [-0.15, -0.1) is 0 Å². The lowest BCUT2D eigenvalue weighted by atomic mass is 9.30. The molecule has 0 unspecified atom stereocenters. The Morgan fingerprint density at radius 1 is 0.447 bits per heavy atom. The smallest absolute Gasteiger partial charge is 0.371 e. The Hall–Kier alpha value is -0.326. The summed E-state index contributed by atoms with van der Waals surface area (Å²) in [6, 6.07) is 0. The molecule has 8 bridgehead atoms. The van der Waals surface area contributed by atoms with E-state index in [1.165, 1.54) is 38.5 Å². The third kappa shape index (κ3) is 5.10. The number of hydrogen-bond acceptors (Lipinski definition) is 6. The first-order chi connectivity index (χ1) is 18.3. The van der Waals surface area contributed by atoms with Crippen molar-refractivity contribution >= 4 is 17.6 Å². The summed E-state index contributed by atoms with van der Waals surface area (Å²) in [5.74, 6) is 5.20. The molecule has 216 valence electrons. The first-order valence-electron chi connectivity index (χ1n) is 15.6. The van der Waals surface area contributed by atoms with Gasteiger partial charge in [-0.1, -0.05) is 12.2 Å². The fourth-order valence-electron chi connectivity index (χ4n) is 9.75. The first kappa shape index (κ1) is 29.2. The van der Waals surface area contributed by atoms with Gasteiger partial charge in [0.25, 0.3) is 0 Å². The summed E-state index contributed by atoms with van der Waals surface area (Å²) in [6.45, 7) is 16.0. The van der Waals surface area contributed by atoms with E-state index in [1.54, 1.807) is 0 Å². The van der Waals surface area contributed by atoms with Crippen molar-refractivity contribution in [2.75, 3.05) is 39.6 Å². The van der Waals surface area contributed by atoms with Gasteiger partial charge >= 0.3 is 17.6 Å². The van der Waals surface area contributed by atoms with Gasteiger partial charge in [-0.05, 0) is 138 Å². The van der Waals surface area contributed by atoms with Crippen molar-refractivity contribution in [2.45, 2.75) is 80.1 Å². The van der Waals surface area contributed by atoms with Crippen LogP contribution in [0.5, 0.6) is 0 Å². The highest BCUT2D eigenvalue weighted by Gasteiger charge is 2.69. The van der Waals surface area contributed by atoms with E-state index in [0.29, 0.717) is 50.5 Å². The number of hydrogen-bond donors (Lipinski definition) is 0. The largest absolute Gasteiger partial charge is 0.529 e. The van der Waals surface area contributed by atoms with Crippen LogP contribution in [0, 0.1) is 46.3 Å². The highest BCUT2D eigenvalue weighted by molar-refractivity contribution is 6.66. The molecule has 0 N–H and O–H groups in total. The second-order valence-corrected chi connectivity index (χ2v) is 17.2. The van der Waals surface area contributed by atoms with E-state index in [9.17, 15) is 0 Å². The molecule has 0 atom stereocenters. The maximum absolute atomic E-state index is 6.17. The molecule has 38 heavy (non-hydrogen) atoms. The molecule has 0 radical (unpaired) electrons. The number of rotatable bonds is 16. The zero-order valence-corrected chi connectivity index (χ0v) is 26.7. The molecule has 7 aliphatic rings. The molecule has 8 heteroatoms. The van der Waals surface area contributed by atoms with Crippen molar-refractivity contribution in [2.24, 2.45) is 46.3 Å². The Morgan fingerprint density at radius 3 is 0.842 bits per heavy atom. The molecule has 0 spiro atoms. The predicted molar refractivity (Wildman–Crippen MR) is 153 cm³/mol. The van der Waals surface area contributed by atoms with Gasteiger partial charge in [0, 0.05) is 39.6 Å². The van der Waals surface area contributed by atoms with Gasteiger partial charge in [-0.25, -0.2) is 0 Å². The minimum absolute atomic E-state index is 0.307. The maximum atomic E-state index is 6.17. The molecule has 7 fully saturated rings. The SMILES string of the molecule is CCO[Si](C=CC12CC3C4CC5(C=C[Si](OCC)(OCC)OCC)CC3C(C1)C(C5)C4C2)(OCC)OCC. The van der Waals surface area contributed by atoms with E-state index in [1.807, 2.05) is 41.5 Å². The molecule has 0 aromatic heterocycles. The fourth-order valence-corrected chi connectivity index (χ4v) is 14.4. The monoisotopic (exact) mass is 564 g/mol. The van der Waals surface area contributed by atoms with Crippen molar-refractivity contribution in [1.29, 1.82) is 0 Å². The summed E-state index contributed by atoms with van der Waals surface area (Å²) in [6.07, 6.45) is 13.1. The fraction of sp³-hybridized carbons (Fsp3) is 0.867. The summed E-state index contributed by atoms with van der Waals surface area (Å²) in [7, 11) is -5.53. The minimum Gasteiger partial charge on any atom is -0.371 e. The van der Waals surface area contributed by atoms with Gasteiger partial charge in [0.2, 0.25) is 0 Å². The van der Waals surface area contributed by atoms with E-state index in [2.05, 4.69) is 23.6 Å². The third-order valence-corrected chi connectivity index (χ3v) is 15.8. The molecule has 7 saturated carbocycles. The van der Waals surface area contributed by atoms with E-state index < -0.39 is 17.6 Å². The van der Waals surface area contributed by atoms with Crippen LogP contribution in [-0.2, 0) is 26.6 Å². The Kier molecular flexibility index (Phi) is 8.84. The molecule has 0 amide bonds. The topological polar surface area (TPSA) is 55.4 Å². The molecule has 7 rings (SSSR count). The van der Waals surface area contributed by atoms with Crippen molar-refractivity contribution in [3.05, 3.63) is 23.6 Å². The Bertz CT molecular complexity index is 708. The summed E-state index contributed by atoms with van der Waals surface area (Å²) < 4.78 is 37.0. The van der Waals surface area contributed by atoms with Crippen LogP contribution in [0.25, 0.3) is 0 Å². The average molecular weight is 565 g/mol. The summed E-state index contributed by atoms with van der Waals surface area (Å²) in [4.78, 5) is 0. The van der Waals surface area contributed by atoms with Crippen molar-refractivity contribution in [1.82, 2.24) is 0 Å². The van der Waals surface area contributed by atoms with E-state index >= 15 is 0 Å². The summed E-state index contributed by atoms with van der Waals surface area (Å²) in [5, 5.41) is 0. The van der Waals surface area contributed by atoms with Crippen LogP contribution in [0.2, 0.25) is 0 Å². The lowest BCUT2D eigenvalue weighted by Gasteiger charge is -2.74. The normalized spacial score (nSPS) is 39.4. The first-order valence-corrected chi connectivity index (χ1v) is 19.2. The molecular weight excluding hydrogens is 512 g/mol. The van der Waals surface area contributed by atoms with E-state index in [4.69, 9.17) is 26.6 Å². The minimum atomic E-state index is -2.77. The van der Waals surface area contributed by atoms with Crippen LogP contribution in [-0.4, -0.2) is 57.3 Å². The van der Waals surface area contributed by atoms with Gasteiger partial charge in [-0.3, -0.25) is 0 Å². The Labute approximate surface area is 233 Å². The molecule has 0 aliphatic heterocycles. The molecular formula is C30H52O6Si2. The average Bonchev–Trinajstić information content (AvgIpc) is 2.90. The molecule has 7 aliphatic carbocycles. The van der Waals surface area contributed by atoms with Gasteiger partial charge < -0.3 is 26.6 Å². The Morgan fingerprint density at radius 2 is 0.658 bits per heavy atom. The van der Waals surface area contributed by atoms with Gasteiger partial charge in [0.05, 0.1) is 0 Å². The van der Waals surface area contributed by atoms with Crippen LogP contribution >= 0.6 is 0 Å². The maximum Gasteiger partial charge on any atom is 0.529 e. The lowest BCUT2D eigenvalue weighted by molar-refractivity contribution is -0.237. The van der Waals surface area contributed by atoms with Gasteiger partial charge in [0.1, 0.15) is 0 Å². The van der Waals surface area contributed by atoms with Gasteiger partial charge in [0.15, 0.2) is 0 Å². The van der Waals surface area contributed by atoms with Crippen molar-refractivity contribution < 1.29 is 26.6 Å². The Balaban J connectivity index is 1.36. The zero-order chi connectivity index (χ0) is 27.0. The molecule has 6 nitrogen and oxygen atoms in total. The van der Waals surface area contributed by atoms with Crippen LogP contribution in [0.15, 0.2) is 23.6 Å². The number of allylic oxidation sites excluding steroid dienone is 2. The molecule has 0 aromatic rings. The van der Waals surface area contributed by atoms with Crippen LogP contribution in [0.1, 0.15) is 80.1 Å². The molecule has 0 heterocycles. The van der Waals surface area contributed by atoms with Crippen LogP contribution < -0.4 is 0 Å². The standard InChI is InChI=1S/C30H52O6Si2/c1-7-31-37(32-8-2,33-9-3)15-13-29-17-23-26-20-30(14-16-38(34-10-4,35-11-5)36-12-6)21-27(23)25(19-29)28(22-30)24(26)18-29/h13-16,23-28H,7-12,17-22H2,1-6H3. The summed E-state index contributed by atoms with van der Waals surface area (Å²) >= 11 is 0. The quantitative estimate of drug-likeness (QED) is 0.204. The van der Waals surface area contributed by atoms with Crippen molar-refractivity contribution in [3.8, 4) is 0 Å². The third-order valence-electron chi connectivity index (χ3n) is 10.5. The summed E-state index contributed by atoms with van der Waals surface area (Å²) in [5.41, 5.74) is 5.14. The lowest BCUT2D eigenvalue weighted by Crippen LogP contribution is -2.67. The van der Waals surface area contributed by atoms with E-state index in [0.717, 1.165) is 35.5 Å². The zero-order valence-electron chi connectivity index (χ0n) is 24.7. The molecule has 0 aromatic carbocycles. The van der Waals surface area contributed by atoms with Crippen molar-refractivity contribution in [3.63, 3.8) is 0 Å². The highest BCUT2D eigenvalue weighted by Crippen LogP contribution is 2.77. The molecule has 0 saturated heterocycles. The second-order valence-electron chi connectivity index (χ2n) is 12.4. The van der Waals surface area contributed by atoms with E-state index in [-0.39, 0.29) is 0 Å². The second kappa shape index (κ2) is 11.5. The van der Waals surface area contributed by atoms with Gasteiger partial charge in [-0.2, -0.15) is 0 Å². The highest BCUT2D eigenvalue weighted by atomic mass is 28.4.